The minimum absolute atomic E-state index is 0.0419. The molecule has 0 aliphatic rings. The van der Waals surface area contributed by atoms with Gasteiger partial charge in [0.1, 0.15) is 11.6 Å². The first-order chi connectivity index (χ1) is 23.2. The number of ether oxygens (including phenoxy) is 2. The van der Waals surface area contributed by atoms with E-state index in [0.29, 0.717) is 23.6 Å². The third-order valence-electron chi connectivity index (χ3n) is 5.88. The van der Waals surface area contributed by atoms with Crippen molar-refractivity contribution in [3.8, 4) is 22.8 Å². The number of furan rings is 1. The summed E-state index contributed by atoms with van der Waals surface area (Å²) in [5.41, 5.74) is 9.51. The number of benzene rings is 2. The van der Waals surface area contributed by atoms with E-state index in [0.717, 1.165) is 17.0 Å². The maximum atomic E-state index is 15.9. The summed E-state index contributed by atoms with van der Waals surface area (Å²) in [5, 5.41) is 22.0. The van der Waals surface area contributed by atoms with Gasteiger partial charge in [-0.1, -0.05) is 6.07 Å². The quantitative estimate of drug-likeness (QED) is 0.0729. The van der Waals surface area contributed by atoms with Crippen LogP contribution in [0, 0.1) is 11.2 Å². The van der Waals surface area contributed by atoms with Crippen LogP contribution in [0.1, 0.15) is 32.0 Å². The van der Waals surface area contributed by atoms with Gasteiger partial charge in [-0.25, -0.2) is 14.0 Å². The number of nitrogen functional groups attached to an aromatic ring is 1. The van der Waals surface area contributed by atoms with Crippen molar-refractivity contribution in [2.24, 2.45) is 5.73 Å². The molecule has 2 heterocycles. The number of carboxylic acid groups (broad SMARTS) is 2. The molecule has 0 aliphatic heterocycles. The van der Waals surface area contributed by atoms with E-state index in [-0.39, 0.29) is 29.9 Å². The average molecular weight is 717 g/mol. The largest absolute Gasteiger partial charge is 0.494 e. The van der Waals surface area contributed by atoms with Gasteiger partial charge in [0.05, 0.1) is 48.9 Å². The fraction of sp³-hybridized carbons (Fsp3) is 0.250. The lowest BCUT2D eigenvalue weighted by Gasteiger charge is -2.27. The summed E-state index contributed by atoms with van der Waals surface area (Å²) < 4.78 is 96.1. The molecular weight excluding hydrogens is 685 g/mol. The van der Waals surface area contributed by atoms with E-state index in [9.17, 15) is 26.3 Å². The summed E-state index contributed by atoms with van der Waals surface area (Å²) in [6.07, 6.45) is -7.16. The highest BCUT2D eigenvalue weighted by molar-refractivity contribution is 5.95. The highest BCUT2D eigenvalue weighted by Gasteiger charge is 2.38. The van der Waals surface area contributed by atoms with Crippen LogP contribution in [-0.4, -0.2) is 58.0 Å². The first-order valence-electron chi connectivity index (χ1n) is 14.2. The molecule has 11 nitrogen and oxygen atoms in total. The van der Waals surface area contributed by atoms with E-state index in [1.54, 1.807) is 53.8 Å². The topological polar surface area (TPSA) is 172 Å². The molecule has 0 unspecified atom stereocenters. The lowest BCUT2D eigenvalue weighted by molar-refractivity contribution is -0.193. The van der Waals surface area contributed by atoms with Crippen LogP contribution in [0.5, 0.6) is 11.5 Å². The number of aliphatic carboxylic acids is 2. The van der Waals surface area contributed by atoms with Gasteiger partial charge in [0, 0.05) is 28.9 Å². The molecule has 4 aromatic rings. The maximum absolute atomic E-state index is 15.9. The number of carbonyl (C=O) groups is 2. The average Bonchev–Trinajstić information content (AvgIpc) is 3.57. The molecule has 2 aromatic carbocycles. The molecule has 0 spiro atoms. The number of halogens is 7. The van der Waals surface area contributed by atoms with Gasteiger partial charge < -0.3 is 34.7 Å². The van der Waals surface area contributed by atoms with Crippen molar-refractivity contribution in [2.45, 2.75) is 45.8 Å². The van der Waals surface area contributed by atoms with E-state index in [4.69, 9.17) is 49.8 Å². The Labute approximate surface area is 280 Å². The van der Waals surface area contributed by atoms with Crippen molar-refractivity contribution in [2.75, 3.05) is 11.5 Å². The standard InChI is InChI=1S/C28H29FN4O3.2C2HF3O2/c1-4-35-23-14-25(27(29)26(15-23)36-18(2)3)33(22-10-8-19(9-11-22)28(30)31)16-21-6-5-7-24(32-21)20-12-13-34-17-20;2*3-2(4,5)1(6)7/h5-15,17-18H,4,16H2,1-3H3,(H3,30,31);2*(H,6,7). The molecule has 4 rings (SSSR count). The number of amidine groups is 1. The molecule has 270 valence electrons. The smallest absolute Gasteiger partial charge is 0.490 e. The van der Waals surface area contributed by atoms with Crippen LogP contribution >= 0.6 is 0 Å². The second-order valence-electron chi connectivity index (χ2n) is 10.0. The number of hydrogen-bond acceptors (Lipinski definition) is 8. The summed E-state index contributed by atoms with van der Waals surface area (Å²) in [6, 6.07) is 17.8. The van der Waals surface area contributed by atoms with Crippen molar-refractivity contribution >= 4 is 29.1 Å². The number of nitrogens with two attached hydrogens (primary N) is 1. The summed E-state index contributed by atoms with van der Waals surface area (Å²) in [4.78, 5) is 24.4. The molecule has 0 fully saturated rings. The van der Waals surface area contributed by atoms with E-state index in [1.165, 1.54) is 0 Å². The van der Waals surface area contributed by atoms with Crippen molar-refractivity contribution in [1.29, 1.82) is 5.41 Å². The van der Waals surface area contributed by atoms with Crippen molar-refractivity contribution < 1.29 is 64.4 Å². The van der Waals surface area contributed by atoms with Crippen molar-refractivity contribution in [3.63, 3.8) is 0 Å². The highest BCUT2D eigenvalue weighted by atomic mass is 19.4. The number of hydrogen-bond donors (Lipinski definition) is 4. The Hall–Kier alpha value is -5.81. The van der Waals surface area contributed by atoms with E-state index in [1.807, 2.05) is 45.0 Å². The first-order valence-corrected chi connectivity index (χ1v) is 14.2. The zero-order valence-corrected chi connectivity index (χ0v) is 26.5. The summed E-state index contributed by atoms with van der Waals surface area (Å²) >= 11 is 0. The van der Waals surface area contributed by atoms with Gasteiger partial charge in [-0.05, 0) is 63.2 Å². The predicted octanol–water partition coefficient (Wildman–Crippen LogP) is 7.56. The highest BCUT2D eigenvalue weighted by Crippen LogP contribution is 2.38. The van der Waals surface area contributed by atoms with Crippen LogP contribution in [0.15, 0.2) is 77.6 Å². The number of nitrogens with zero attached hydrogens (tertiary/aromatic N) is 2. The minimum atomic E-state index is -5.08. The lowest BCUT2D eigenvalue weighted by Crippen LogP contribution is -2.21. The molecule has 0 atom stereocenters. The van der Waals surface area contributed by atoms with Gasteiger partial charge in [-0.2, -0.15) is 26.3 Å². The third-order valence-corrected chi connectivity index (χ3v) is 5.88. The number of aromatic nitrogens is 1. The summed E-state index contributed by atoms with van der Waals surface area (Å²) in [6.45, 7) is 6.24. The monoisotopic (exact) mass is 716 g/mol. The second-order valence-corrected chi connectivity index (χ2v) is 10.0. The zero-order chi connectivity index (χ0) is 37.8. The van der Waals surface area contributed by atoms with E-state index >= 15 is 4.39 Å². The molecule has 0 amide bonds. The molecular formula is C32H31F7N4O7. The Morgan fingerprint density at radius 2 is 1.56 bits per heavy atom. The molecule has 0 aliphatic carbocycles. The van der Waals surface area contributed by atoms with Crippen molar-refractivity contribution in [3.05, 3.63) is 90.3 Å². The van der Waals surface area contributed by atoms with Gasteiger partial charge >= 0.3 is 24.3 Å². The number of carboxylic acids is 2. The van der Waals surface area contributed by atoms with Gasteiger partial charge in [0.15, 0.2) is 11.6 Å². The summed E-state index contributed by atoms with van der Waals surface area (Å²) in [5.74, 6) is -5.46. The molecule has 50 heavy (non-hydrogen) atoms. The van der Waals surface area contributed by atoms with Gasteiger partial charge in [-0.3, -0.25) is 10.4 Å². The van der Waals surface area contributed by atoms with Crippen LogP contribution in [0.3, 0.4) is 0 Å². The fourth-order valence-corrected chi connectivity index (χ4v) is 3.78. The second kappa shape index (κ2) is 17.5. The Kier molecular flexibility index (Phi) is 14.2. The van der Waals surface area contributed by atoms with Crippen LogP contribution in [0.25, 0.3) is 11.3 Å². The van der Waals surface area contributed by atoms with Crippen LogP contribution in [-0.2, 0) is 16.1 Å². The fourth-order valence-electron chi connectivity index (χ4n) is 3.78. The van der Waals surface area contributed by atoms with E-state index < -0.39 is 30.1 Å². The molecule has 18 heteroatoms. The van der Waals surface area contributed by atoms with Crippen molar-refractivity contribution in [1.82, 2.24) is 4.98 Å². The third kappa shape index (κ3) is 12.3. The first kappa shape index (κ1) is 40.4. The molecule has 0 bridgehead atoms. The summed E-state index contributed by atoms with van der Waals surface area (Å²) in [7, 11) is 0. The molecule has 0 saturated heterocycles. The number of pyridine rings is 1. The number of rotatable bonds is 10. The maximum Gasteiger partial charge on any atom is 0.490 e. The Balaban J connectivity index is 0.000000521. The van der Waals surface area contributed by atoms with E-state index in [2.05, 4.69) is 0 Å². The van der Waals surface area contributed by atoms with Crippen LogP contribution in [0.4, 0.5) is 42.1 Å². The Bertz CT molecular complexity index is 1700. The minimum Gasteiger partial charge on any atom is -0.494 e. The molecule has 0 radical (unpaired) electrons. The number of nitrogens with one attached hydrogen (secondary N) is 1. The SMILES string of the molecule is CCOc1cc(OC(C)C)c(F)c(N(Cc2cccc(-c3ccoc3)n2)c2ccc(C(=N)N)cc2)c1.O=C(O)C(F)(F)F.O=C(O)C(F)(F)F. The predicted molar refractivity (Wildman–Crippen MR) is 166 cm³/mol. The van der Waals surface area contributed by atoms with Gasteiger partial charge in [-0.15, -0.1) is 0 Å². The molecule has 5 N–H and O–H groups in total. The number of alkyl halides is 6. The Morgan fingerprint density at radius 3 is 2.02 bits per heavy atom. The van der Waals surface area contributed by atoms with Gasteiger partial charge in [0.25, 0.3) is 0 Å². The molecule has 0 saturated carbocycles. The van der Waals surface area contributed by atoms with Crippen LogP contribution in [0.2, 0.25) is 0 Å². The lowest BCUT2D eigenvalue weighted by atomic mass is 10.1. The molecule has 2 aromatic heterocycles. The zero-order valence-electron chi connectivity index (χ0n) is 26.5. The normalized spacial score (nSPS) is 11.0. The Morgan fingerprint density at radius 1 is 0.980 bits per heavy atom. The van der Waals surface area contributed by atoms with Crippen LogP contribution < -0.4 is 20.1 Å². The van der Waals surface area contributed by atoms with Gasteiger partial charge in [0.2, 0.25) is 0 Å². The number of anilines is 2.